The second-order valence-electron chi connectivity index (χ2n) is 5.29. The zero-order chi connectivity index (χ0) is 10.8. The minimum Gasteiger partial charge on any atom is -0.396 e. The smallest absolute Gasteiger partial charge is 0.223 e. The molecule has 3 atom stereocenters. The first-order valence-corrected chi connectivity index (χ1v) is 6.09. The van der Waals surface area contributed by atoms with Crippen LogP contribution in [0.15, 0.2) is 0 Å². The monoisotopic (exact) mass is 211 g/mol. The molecule has 0 saturated heterocycles. The molecule has 86 valence electrons. The van der Waals surface area contributed by atoms with Crippen LogP contribution in [-0.4, -0.2) is 24.2 Å². The summed E-state index contributed by atoms with van der Waals surface area (Å²) in [4.78, 5) is 11.7. The van der Waals surface area contributed by atoms with Gasteiger partial charge in [-0.05, 0) is 43.4 Å². The molecule has 3 nitrogen and oxygen atoms in total. The molecule has 0 aromatic rings. The van der Waals surface area contributed by atoms with Gasteiger partial charge in [-0.25, -0.2) is 0 Å². The van der Waals surface area contributed by atoms with Crippen LogP contribution in [0.25, 0.3) is 0 Å². The molecular formula is C12H21NO2. The highest BCUT2D eigenvalue weighted by atomic mass is 16.3. The van der Waals surface area contributed by atoms with Crippen molar-refractivity contribution >= 4 is 5.91 Å². The number of fused-ring (bicyclic) bond motifs is 1. The van der Waals surface area contributed by atoms with Crippen molar-refractivity contribution in [3.63, 3.8) is 0 Å². The first kappa shape index (κ1) is 10.9. The normalized spacial score (nSPS) is 34.7. The van der Waals surface area contributed by atoms with Gasteiger partial charge in [0, 0.05) is 19.1 Å². The quantitative estimate of drug-likeness (QED) is 0.717. The van der Waals surface area contributed by atoms with E-state index < -0.39 is 0 Å². The zero-order valence-electron chi connectivity index (χ0n) is 9.41. The summed E-state index contributed by atoms with van der Waals surface area (Å²) in [5, 5.41) is 11.7. The van der Waals surface area contributed by atoms with Gasteiger partial charge >= 0.3 is 0 Å². The number of hydrogen-bond acceptors (Lipinski definition) is 2. The van der Waals surface area contributed by atoms with Crippen LogP contribution in [0.3, 0.4) is 0 Å². The Labute approximate surface area is 91.2 Å². The number of amides is 1. The summed E-state index contributed by atoms with van der Waals surface area (Å²) in [5.41, 5.74) is 0. The first-order chi connectivity index (χ1) is 7.20. The number of nitrogens with one attached hydrogen (secondary N) is 1. The molecule has 2 rings (SSSR count). The summed E-state index contributed by atoms with van der Waals surface area (Å²) in [6, 6.07) is 0. The molecule has 2 aliphatic rings. The number of aliphatic hydroxyl groups is 1. The topological polar surface area (TPSA) is 49.3 Å². The zero-order valence-corrected chi connectivity index (χ0v) is 9.41. The van der Waals surface area contributed by atoms with Crippen LogP contribution < -0.4 is 5.32 Å². The third kappa shape index (κ3) is 2.71. The third-order valence-electron chi connectivity index (χ3n) is 3.86. The number of carbonyl (C=O) groups excluding carboxylic acids is 1. The highest BCUT2D eigenvalue weighted by molar-refractivity contribution is 5.79. The SMILES string of the molecule is CC(CCO)CNC(=O)C1CC2CC2C1. The molecule has 3 heteroatoms. The summed E-state index contributed by atoms with van der Waals surface area (Å²) in [6.07, 6.45) is 4.37. The standard InChI is InChI=1S/C12H21NO2/c1-8(2-3-14)7-13-12(15)11-5-9-4-10(9)6-11/h8-11,14H,2-7H2,1H3,(H,13,15). The van der Waals surface area contributed by atoms with Crippen LogP contribution in [0.4, 0.5) is 0 Å². The molecule has 15 heavy (non-hydrogen) atoms. The van der Waals surface area contributed by atoms with Crippen LogP contribution >= 0.6 is 0 Å². The molecule has 0 aromatic heterocycles. The number of carbonyl (C=O) groups is 1. The van der Waals surface area contributed by atoms with Crippen molar-refractivity contribution in [2.75, 3.05) is 13.2 Å². The van der Waals surface area contributed by atoms with E-state index in [1.54, 1.807) is 0 Å². The van der Waals surface area contributed by atoms with Crippen molar-refractivity contribution in [2.45, 2.75) is 32.6 Å². The second-order valence-corrected chi connectivity index (χ2v) is 5.29. The molecule has 0 aromatic carbocycles. The summed E-state index contributed by atoms with van der Waals surface area (Å²) in [7, 11) is 0. The Kier molecular flexibility index (Phi) is 3.29. The fraction of sp³-hybridized carbons (Fsp3) is 0.917. The fourth-order valence-electron chi connectivity index (χ4n) is 2.67. The Bertz CT molecular complexity index is 232. The van der Waals surface area contributed by atoms with Crippen molar-refractivity contribution in [2.24, 2.45) is 23.7 Å². The van der Waals surface area contributed by atoms with E-state index in [9.17, 15) is 4.79 Å². The van der Waals surface area contributed by atoms with E-state index in [-0.39, 0.29) is 18.4 Å². The molecule has 2 saturated carbocycles. The number of hydrogen-bond donors (Lipinski definition) is 2. The van der Waals surface area contributed by atoms with E-state index in [1.165, 1.54) is 6.42 Å². The van der Waals surface area contributed by atoms with Crippen LogP contribution in [0, 0.1) is 23.7 Å². The second kappa shape index (κ2) is 4.52. The van der Waals surface area contributed by atoms with Gasteiger partial charge in [-0.2, -0.15) is 0 Å². The van der Waals surface area contributed by atoms with Gasteiger partial charge < -0.3 is 10.4 Å². The molecule has 0 aliphatic heterocycles. The van der Waals surface area contributed by atoms with Gasteiger partial charge in [0.1, 0.15) is 0 Å². The lowest BCUT2D eigenvalue weighted by molar-refractivity contribution is -0.125. The van der Waals surface area contributed by atoms with Gasteiger partial charge in [0.05, 0.1) is 0 Å². The van der Waals surface area contributed by atoms with Gasteiger partial charge in [-0.1, -0.05) is 6.92 Å². The maximum absolute atomic E-state index is 11.7. The summed E-state index contributed by atoms with van der Waals surface area (Å²) >= 11 is 0. The molecule has 0 heterocycles. The highest BCUT2D eigenvalue weighted by Crippen LogP contribution is 2.54. The van der Waals surface area contributed by atoms with E-state index in [0.717, 1.165) is 31.1 Å². The van der Waals surface area contributed by atoms with E-state index in [0.29, 0.717) is 12.5 Å². The number of rotatable bonds is 5. The number of aliphatic hydroxyl groups excluding tert-OH is 1. The molecule has 2 aliphatic carbocycles. The van der Waals surface area contributed by atoms with Gasteiger partial charge in [-0.15, -0.1) is 0 Å². The lowest BCUT2D eigenvalue weighted by Crippen LogP contribution is -2.33. The highest BCUT2D eigenvalue weighted by Gasteiger charge is 2.47. The predicted molar refractivity (Wildman–Crippen MR) is 58.2 cm³/mol. The molecule has 0 bridgehead atoms. The van der Waals surface area contributed by atoms with Crippen molar-refractivity contribution in [1.82, 2.24) is 5.32 Å². The Morgan fingerprint density at radius 2 is 2.07 bits per heavy atom. The first-order valence-electron chi connectivity index (χ1n) is 6.09. The lowest BCUT2D eigenvalue weighted by atomic mass is 10.0. The van der Waals surface area contributed by atoms with Gasteiger partial charge in [0.15, 0.2) is 0 Å². The maximum Gasteiger partial charge on any atom is 0.223 e. The fourth-order valence-corrected chi connectivity index (χ4v) is 2.67. The van der Waals surface area contributed by atoms with Crippen molar-refractivity contribution in [3.05, 3.63) is 0 Å². The largest absolute Gasteiger partial charge is 0.396 e. The van der Waals surface area contributed by atoms with Crippen LogP contribution in [-0.2, 0) is 4.79 Å². The Morgan fingerprint density at radius 1 is 1.40 bits per heavy atom. The van der Waals surface area contributed by atoms with E-state index >= 15 is 0 Å². The molecule has 2 N–H and O–H groups in total. The minimum absolute atomic E-state index is 0.213. The minimum atomic E-state index is 0.213. The van der Waals surface area contributed by atoms with E-state index in [2.05, 4.69) is 12.2 Å². The molecule has 0 spiro atoms. The summed E-state index contributed by atoms with van der Waals surface area (Å²) in [6.45, 7) is 2.98. The third-order valence-corrected chi connectivity index (χ3v) is 3.86. The maximum atomic E-state index is 11.7. The molecule has 3 unspecified atom stereocenters. The van der Waals surface area contributed by atoms with Gasteiger partial charge in [0.25, 0.3) is 0 Å². The molecular weight excluding hydrogens is 190 g/mol. The Hall–Kier alpha value is -0.570. The van der Waals surface area contributed by atoms with E-state index in [4.69, 9.17) is 5.11 Å². The predicted octanol–water partition coefficient (Wildman–Crippen LogP) is 1.17. The van der Waals surface area contributed by atoms with Crippen molar-refractivity contribution < 1.29 is 9.90 Å². The Balaban J connectivity index is 1.64. The van der Waals surface area contributed by atoms with Crippen molar-refractivity contribution in [3.8, 4) is 0 Å². The molecule has 0 radical (unpaired) electrons. The summed E-state index contributed by atoms with van der Waals surface area (Å²) in [5.74, 6) is 2.66. The summed E-state index contributed by atoms with van der Waals surface area (Å²) < 4.78 is 0. The van der Waals surface area contributed by atoms with Crippen LogP contribution in [0.1, 0.15) is 32.6 Å². The average molecular weight is 211 g/mol. The van der Waals surface area contributed by atoms with Crippen LogP contribution in [0.2, 0.25) is 0 Å². The molecule has 1 amide bonds. The van der Waals surface area contributed by atoms with E-state index in [1.807, 2.05) is 0 Å². The average Bonchev–Trinajstić information content (AvgIpc) is 2.83. The van der Waals surface area contributed by atoms with Crippen LogP contribution in [0.5, 0.6) is 0 Å². The van der Waals surface area contributed by atoms with Gasteiger partial charge in [0.2, 0.25) is 5.91 Å². The lowest BCUT2D eigenvalue weighted by Gasteiger charge is -2.15. The molecule has 2 fully saturated rings. The van der Waals surface area contributed by atoms with Crippen molar-refractivity contribution in [1.29, 1.82) is 0 Å². The van der Waals surface area contributed by atoms with Gasteiger partial charge in [-0.3, -0.25) is 4.79 Å². The Morgan fingerprint density at radius 3 is 2.67 bits per heavy atom.